The summed E-state index contributed by atoms with van der Waals surface area (Å²) in [6, 6.07) is 0. The number of fused-ring (bicyclic) bond motifs is 5. The number of aliphatic hydroxyl groups is 13. The van der Waals surface area contributed by atoms with E-state index in [1.54, 1.807) is 0 Å². The Kier molecular flexibility index (Phi) is 16.3. The standard InChI is InChI=1S/C46H76O19/c1-19(20(2)17-60-42-39(57)36(54)33(51)29(15-47)63-42)12-28(49)21(3)25-8-9-26-24-7-6-22-13-23(14-32(50)46(22,5)27(24)10-11-45(25,26)4)62-44-41(59)38(56)35(53)31(65-44)18-61-43-40(58)37(55)34(52)30(16-48)64-43/h6,21,23-44,47-59H,7-18H2,1-5H3/b20-19+/t21-,23-,24-,25+,26-,27-,28+,29-,30-,31+,32-,33-,34+,35+,36+,37+,38-,39+,40+,41+,42-,43-,44+,45+,46-/m1/s1. The summed E-state index contributed by atoms with van der Waals surface area (Å²) in [4.78, 5) is 0. The molecule has 374 valence electrons. The summed E-state index contributed by atoms with van der Waals surface area (Å²) in [6.07, 6.45) is -16.1. The van der Waals surface area contributed by atoms with Gasteiger partial charge in [-0.05, 0) is 99.4 Å². The highest BCUT2D eigenvalue weighted by Gasteiger charge is 2.62. The van der Waals surface area contributed by atoms with Crippen molar-refractivity contribution < 1.29 is 94.8 Å². The smallest absolute Gasteiger partial charge is 0.187 e. The number of aliphatic hydroxyl groups excluding tert-OH is 13. The molecule has 65 heavy (non-hydrogen) atoms. The lowest BCUT2D eigenvalue weighted by atomic mass is 9.46. The molecule has 0 aromatic carbocycles. The highest BCUT2D eigenvalue weighted by Crippen LogP contribution is 2.67. The SMILES string of the molecule is C/C(CO[C@@H]1O[C@H](CO)[C@@H](O)[C@H](O)[C@@H]1O)=C(/C)C[C@H](O)[C@H](C)[C@@H]1CC[C@@H]2[C@H]3CC=C4C[C@@H](O[C@H]5O[C@@H](CO[C@@H]6O[C@H](CO)[C@H](O)[C@H](O)[C@@H]6O)[C@H](O)[C@@H](O)[C@@H]5O)C[C@@H](O)[C@@]4(C)[C@@H]3CC[C@]21C. The molecular formula is C46H76O19. The van der Waals surface area contributed by atoms with Crippen LogP contribution in [0.2, 0.25) is 0 Å². The van der Waals surface area contributed by atoms with E-state index < -0.39 is 136 Å². The molecule has 0 unspecified atom stereocenters. The van der Waals surface area contributed by atoms with Gasteiger partial charge in [-0.1, -0.05) is 38.0 Å². The van der Waals surface area contributed by atoms with Gasteiger partial charge in [-0.2, -0.15) is 0 Å². The normalized spacial score (nSPS) is 50.4. The minimum absolute atomic E-state index is 0.00463. The van der Waals surface area contributed by atoms with Crippen molar-refractivity contribution in [3.63, 3.8) is 0 Å². The van der Waals surface area contributed by atoms with Gasteiger partial charge in [0.1, 0.15) is 73.2 Å². The molecule has 0 radical (unpaired) electrons. The molecule has 25 atom stereocenters. The number of hydrogen-bond acceptors (Lipinski definition) is 19. The number of hydrogen-bond donors (Lipinski definition) is 13. The summed E-state index contributed by atoms with van der Waals surface area (Å²) in [5.74, 6) is 1.20. The van der Waals surface area contributed by atoms with Gasteiger partial charge in [0, 0.05) is 11.8 Å². The Bertz CT molecular complexity index is 1660. The quantitative estimate of drug-likeness (QED) is 0.0845. The summed E-state index contributed by atoms with van der Waals surface area (Å²) < 4.78 is 34.4. The molecule has 7 aliphatic rings. The predicted molar refractivity (Wildman–Crippen MR) is 226 cm³/mol. The first kappa shape index (κ1) is 51.6. The van der Waals surface area contributed by atoms with E-state index in [4.69, 9.17) is 28.4 Å². The molecule has 19 heteroatoms. The second kappa shape index (κ2) is 20.6. The molecule has 19 nitrogen and oxygen atoms in total. The van der Waals surface area contributed by atoms with Gasteiger partial charge in [0.05, 0.1) is 44.7 Å². The molecule has 13 N–H and O–H groups in total. The molecule has 4 aliphatic carbocycles. The van der Waals surface area contributed by atoms with Crippen LogP contribution >= 0.6 is 0 Å². The van der Waals surface area contributed by atoms with Crippen molar-refractivity contribution in [1.29, 1.82) is 0 Å². The van der Waals surface area contributed by atoms with E-state index in [0.717, 1.165) is 48.8 Å². The van der Waals surface area contributed by atoms with Crippen LogP contribution < -0.4 is 0 Å². The average molecular weight is 933 g/mol. The van der Waals surface area contributed by atoms with Crippen molar-refractivity contribution in [3.05, 3.63) is 22.8 Å². The zero-order chi connectivity index (χ0) is 47.4. The van der Waals surface area contributed by atoms with E-state index in [9.17, 15) is 66.4 Å². The van der Waals surface area contributed by atoms with E-state index in [-0.39, 0.29) is 36.2 Å². The molecule has 3 saturated carbocycles. The van der Waals surface area contributed by atoms with Crippen molar-refractivity contribution in [1.82, 2.24) is 0 Å². The monoisotopic (exact) mass is 932 g/mol. The van der Waals surface area contributed by atoms with Crippen LogP contribution in [0.4, 0.5) is 0 Å². The molecule has 3 heterocycles. The first-order chi connectivity index (χ1) is 30.7. The molecule has 0 aromatic rings. The highest BCUT2D eigenvalue weighted by atomic mass is 16.7. The van der Waals surface area contributed by atoms with Crippen molar-refractivity contribution in [2.75, 3.05) is 26.4 Å². The number of allylic oxidation sites excluding steroid dienone is 1. The summed E-state index contributed by atoms with van der Waals surface area (Å²) in [5.41, 5.74) is 2.31. The maximum atomic E-state index is 12.0. The van der Waals surface area contributed by atoms with E-state index >= 15 is 0 Å². The Labute approximate surface area is 380 Å². The topological polar surface area (TPSA) is 318 Å². The lowest BCUT2D eigenvalue weighted by molar-refractivity contribution is -0.337. The molecule has 3 saturated heterocycles. The van der Waals surface area contributed by atoms with Crippen LogP contribution in [0.25, 0.3) is 0 Å². The van der Waals surface area contributed by atoms with E-state index in [1.165, 1.54) is 0 Å². The van der Waals surface area contributed by atoms with Gasteiger partial charge in [-0.15, -0.1) is 0 Å². The second-order valence-corrected chi connectivity index (χ2v) is 20.8. The Hall–Kier alpha value is -1.28. The summed E-state index contributed by atoms with van der Waals surface area (Å²) in [5, 5.41) is 137. The Morgan fingerprint density at radius 2 is 1.25 bits per heavy atom. The van der Waals surface area contributed by atoms with Crippen LogP contribution in [0.5, 0.6) is 0 Å². The van der Waals surface area contributed by atoms with E-state index in [0.29, 0.717) is 24.7 Å². The summed E-state index contributed by atoms with van der Waals surface area (Å²) >= 11 is 0. The van der Waals surface area contributed by atoms with Crippen LogP contribution in [0.15, 0.2) is 22.8 Å². The molecule has 3 aliphatic heterocycles. The van der Waals surface area contributed by atoms with Crippen LogP contribution in [0, 0.1) is 40.4 Å². The van der Waals surface area contributed by atoms with Crippen LogP contribution in [-0.2, 0) is 28.4 Å². The molecule has 6 fully saturated rings. The Morgan fingerprint density at radius 1 is 0.692 bits per heavy atom. The molecule has 0 spiro atoms. The molecular weight excluding hydrogens is 856 g/mol. The fourth-order valence-corrected chi connectivity index (χ4v) is 12.9. The van der Waals surface area contributed by atoms with Gasteiger partial charge in [0.15, 0.2) is 18.9 Å². The molecule has 0 bridgehead atoms. The second-order valence-electron chi connectivity index (χ2n) is 20.8. The minimum atomic E-state index is -1.70. The van der Waals surface area contributed by atoms with Crippen molar-refractivity contribution >= 4 is 0 Å². The van der Waals surface area contributed by atoms with Crippen LogP contribution in [-0.4, -0.2) is 203 Å². The third kappa shape index (κ3) is 9.66. The Balaban J connectivity index is 0.951. The number of rotatable bonds is 14. The predicted octanol–water partition coefficient (Wildman–Crippen LogP) is -1.91. The van der Waals surface area contributed by atoms with Crippen molar-refractivity contribution in [2.45, 2.75) is 196 Å². The zero-order valence-electron chi connectivity index (χ0n) is 38.1. The fourth-order valence-electron chi connectivity index (χ4n) is 12.9. The van der Waals surface area contributed by atoms with Gasteiger partial charge in [-0.25, -0.2) is 0 Å². The lowest BCUT2D eigenvalue weighted by Crippen LogP contribution is -2.62. The third-order valence-corrected chi connectivity index (χ3v) is 17.3. The first-order valence-electron chi connectivity index (χ1n) is 23.6. The van der Waals surface area contributed by atoms with Gasteiger partial charge >= 0.3 is 0 Å². The Morgan fingerprint density at radius 3 is 1.85 bits per heavy atom. The molecule has 7 rings (SSSR count). The summed E-state index contributed by atoms with van der Waals surface area (Å²) in [7, 11) is 0. The third-order valence-electron chi connectivity index (χ3n) is 17.3. The summed E-state index contributed by atoms with van der Waals surface area (Å²) in [6.45, 7) is 8.84. The van der Waals surface area contributed by atoms with E-state index in [2.05, 4.69) is 26.8 Å². The maximum absolute atomic E-state index is 12.0. The van der Waals surface area contributed by atoms with Crippen LogP contribution in [0.3, 0.4) is 0 Å². The average Bonchev–Trinajstić information content (AvgIpc) is 3.64. The lowest BCUT2D eigenvalue weighted by Gasteiger charge is -2.60. The number of ether oxygens (including phenoxy) is 6. The van der Waals surface area contributed by atoms with Crippen LogP contribution in [0.1, 0.15) is 86.0 Å². The van der Waals surface area contributed by atoms with Gasteiger partial charge in [0.25, 0.3) is 0 Å². The maximum Gasteiger partial charge on any atom is 0.187 e. The fraction of sp³-hybridized carbons (Fsp3) is 0.913. The largest absolute Gasteiger partial charge is 0.394 e. The zero-order valence-corrected chi connectivity index (χ0v) is 38.1. The van der Waals surface area contributed by atoms with E-state index in [1.807, 2.05) is 13.8 Å². The highest BCUT2D eigenvalue weighted by molar-refractivity contribution is 5.28. The molecule has 0 amide bonds. The van der Waals surface area contributed by atoms with Gasteiger partial charge in [0.2, 0.25) is 0 Å². The molecule has 0 aromatic heterocycles. The van der Waals surface area contributed by atoms with Gasteiger partial charge < -0.3 is 94.8 Å². The minimum Gasteiger partial charge on any atom is -0.394 e. The van der Waals surface area contributed by atoms with Gasteiger partial charge in [-0.3, -0.25) is 0 Å². The first-order valence-corrected chi connectivity index (χ1v) is 23.6. The van der Waals surface area contributed by atoms with Crippen molar-refractivity contribution in [3.8, 4) is 0 Å². The van der Waals surface area contributed by atoms with Crippen molar-refractivity contribution in [2.24, 2.45) is 40.4 Å².